The number of ether oxygens (including phenoxy) is 1. The lowest BCUT2D eigenvalue weighted by atomic mass is 9.92. The van der Waals surface area contributed by atoms with Crippen molar-refractivity contribution in [3.63, 3.8) is 0 Å². The van der Waals surface area contributed by atoms with Gasteiger partial charge in [0.25, 0.3) is 0 Å². The third-order valence-corrected chi connectivity index (χ3v) is 4.91. The molecule has 0 heterocycles. The van der Waals surface area contributed by atoms with Crippen LogP contribution in [0.15, 0.2) is 65.1 Å². The summed E-state index contributed by atoms with van der Waals surface area (Å²) in [5.74, 6) is 0.503. The fourth-order valence-electron chi connectivity index (χ4n) is 3.26. The summed E-state index contributed by atoms with van der Waals surface area (Å²) < 4.78 is 6.25. The number of benzene rings is 4. The van der Waals surface area contributed by atoms with Crippen molar-refractivity contribution in [1.29, 1.82) is 0 Å². The molecule has 2 N–H and O–H groups in total. The highest BCUT2D eigenvalue weighted by molar-refractivity contribution is 9.10. The van der Waals surface area contributed by atoms with Gasteiger partial charge in [-0.2, -0.15) is 0 Å². The van der Waals surface area contributed by atoms with Gasteiger partial charge in [-0.25, -0.2) is 0 Å². The van der Waals surface area contributed by atoms with Crippen LogP contribution in [-0.4, -0.2) is 17.3 Å². The standard InChI is InChI=1S/C21H15BrO3/c1-25-18-10-13-4-2-3-5-15(13)20(21(18)24)19-16-11-14(22)8-6-12(16)7-9-17(19)23/h2-11,23-24H,1H3. The van der Waals surface area contributed by atoms with E-state index in [4.69, 9.17) is 4.74 Å². The molecule has 0 radical (unpaired) electrons. The van der Waals surface area contributed by atoms with E-state index in [1.807, 2.05) is 48.5 Å². The number of fused-ring (bicyclic) bond motifs is 2. The zero-order valence-corrected chi connectivity index (χ0v) is 15.0. The van der Waals surface area contributed by atoms with Gasteiger partial charge in [0.1, 0.15) is 5.75 Å². The molecule has 4 aromatic carbocycles. The zero-order chi connectivity index (χ0) is 17.6. The van der Waals surface area contributed by atoms with Crippen LogP contribution in [-0.2, 0) is 0 Å². The molecule has 0 aliphatic rings. The van der Waals surface area contributed by atoms with Crippen molar-refractivity contribution in [3.05, 3.63) is 65.1 Å². The van der Waals surface area contributed by atoms with E-state index in [0.717, 1.165) is 26.0 Å². The predicted molar refractivity (Wildman–Crippen MR) is 104 cm³/mol. The molecule has 0 aliphatic carbocycles. The number of phenols is 2. The third-order valence-electron chi connectivity index (χ3n) is 4.42. The summed E-state index contributed by atoms with van der Waals surface area (Å²) in [6.45, 7) is 0. The van der Waals surface area contributed by atoms with Crippen LogP contribution in [0.25, 0.3) is 32.7 Å². The lowest BCUT2D eigenvalue weighted by molar-refractivity contribution is 0.375. The number of hydrogen-bond donors (Lipinski definition) is 2. The second-order valence-electron chi connectivity index (χ2n) is 5.85. The summed E-state index contributed by atoms with van der Waals surface area (Å²) in [5, 5.41) is 25.1. The highest BCUT2D eigenvalue weighted by Gasteiger charge is 2.20. The van der Waals surface area contributed by atoms with E-state index >= 15 is 0 Å². The minimum absolute atomic E-state index is 0.0176. The molecule has 124 valence electrons. The predicted octanol–water partition coefficient (Wildman–Crippen LogP) is 5.84. The maximum absolute atomic E-state index is 10.8. The van der Waals surface area contributed by atoms with Gasteiger partial charge >= 0.3 is 0 Å². The van der Waals surface area contributed by atoms with Gasteiger partial charge in [0, 0.05) is 15.6 Å². The van der Waals surface area contributed by atoms with Crippen molar-refractivity contribution in [2.75, 3.05) is 7.11 Å². The van der Waals surface area contributed by atoms with E-state index in [0.29, 0.717) is 16.9 Å². The van der Waals surface area contributed by atoms with Crippen molar-refractivity contribution >= 4 is 37.5 Å². The Kier molecular flexibility index (Phi) is 3.77. The Morgan fingerprint density at radius 1 is 0.800 bits per heavy atom. The van der Waals surface area contributed by atoms with Crippen LogP contribution in [0.4, 0.5) is 0 Å². The molecule has 0 bridgehead atoms. The lowest BCUT2D eigenvalue weighted by Crippen LogP contribution is -1.91. The SMILES string of the molecule is COc1cc2ccccc2c(-c2c(O)ccc3ccc(Br)cc23)c1O. The summed E-state index contributed by atoms with van der Waals surface area (Å²) in [5.41, 5.74) is 1.16. The molecular weight excluding hydrogens is 380 g/mol. The largest absolute Gasteiger partial charge is 0.507 e. The second-order valence-corrected chi connectivity index (χ2v) is 6.76. The van der Waals surface area contributed by atoms with Gasteiger partial charge in [-0.1, -0.05) is 52.3 Å². The first-order chi connectivity index (χ1) is 12.1. The highest BCUT2D eigenvalue weighted by atomic mass is 79.9. The Hall–Kier alpha value is -2.72. The fourth-order valence-corrected chi connectivity index (χ4v) is 3.62. The van der Waals surface area contributed by atoms with E-state index in [1.165, 1.54) is 7.11 Å². The van der Waals surface area contributed by atoms with Crippen molar-refractivity contribution in [2.24, 2.45) is 0 Å². The topological polar surface area (TPSA) is 49.7 Å². The number of rotatable bonds is 2. The summed E-state index contributed by atoms with van der Waals surface area (Å²) in [7, 11) is 1.52. The van der Waals surface area contributed by atoms with Crippen LogP contribution in [0.2, 0.25) is 0 Å². The smallest absolute Gasteiger partial charge is 0.166 e. The molecule has 0 saturated carbocycles. The van der Waals surface area contributed by atoms with E-state index in [-0.39, 0.29) is 11.5 Å². The first-order valence-electron chi connectivity index (χ1n) is 7.80. The van der Waals surface area contributed by atoms with Crippen molar-refractivity contribution in [3.8, 4) is 28.4 Å². The lowest BCUT2D eigenvalue weighted by Gasteiger charge is -2.16. The van der Waals surface area contributed by atoms with Gasteiger partial charge in [-0.05, 0) is 45.8 Å². The molecular formula is C21H15BrO3. The molecule has 0 aliphatic heterocycles. The Morgan fingerprint density at radius 3 is 2.36 bits per heavy atom. The van der Waals surface area contributed by atoms with Crippen molar-refractivity contribution in [2.45, 2.75) is 0 Å². The minimum atomic E-state index is 0.0176. The first-order valence-corrected chi connectivity index (χ1v) is 8.59. The van der Waals surface area contributed by atoms with Crippen LogP contribution in [0.5, 0.6) is 17.2 Å². The molecule has 0 amide bonds. The number of methoxy groups -OCH3 is 1. The number of halogens is 1. The minimum Gasteiger partial charge on any atom is -0.507 e. The quantitative estimate of drug-likeness (QED) is 0.448. The monoisotopic (exact) mass is 394 g/mol. The third kappa shape index (κ3) is 2.50. The van der Waals surface area contributed by atoms with Gasteiger partial charge in [-0.3, -0.25) is 0 Å². The van der Waals surface area contributed by atoms with Gasteiger partial charge in [-0.15, -0.1) is 0 Å². The van der Waals surface area contributed by atoms with E-state index in [1.54, 1.807) is 12.1 Å². The molecule has 3 nitrogen and oxygen atoms in total. The van der Waals surface area contributed by atoms with Crippen LogP contribution >= 0.6 is 15.9 Å². The van der Waals surface area contributed by atoms with Crippen molar-refractivity contribution < 1.29 is 14.9 Å². The first kappa shape index (κ1) is 15.8. The summed E-state index contributed by atoms with van der Waals surface area (Å²) in [6.07, 6.45) is 0. The van der Waals surface area contributed by atoms with Crippen LogP contribution in [0.3, 0.4) is 0 Å². The number of hydrogen-bond acceptors (Lipinski definition) is 3. The van der Waals surface area contributed by atoms with E-state index in [9.17, 15) is 10.2 Å². The molecule has 4 rings (SSSR count). The number of phenolic OH excluding ortho intramolecular Hbond substituents is 2. The zero-order valence-electron chi connectivity index (χ0n) is 13.5. The molecule has 0 fully saturated rings. The average molecular weight is 395 g/mol. The number of aromatic hydroxyl groups is 2. The van der Waals surface area contributed by atoms with Crippen LogP contribution in [0, 0.1) is 0 Å². The molecule has 0 spiro atoms. The van der Waals surface area contributed by atoms with E-state index in [2.05, 4.69) is 15.9 Å². The Morgan fingerprint density at radius 2 is 1.56 bits per heavy atom. The van der Waals surface area contributed by atoms with Gasteiger partial charge in [0.05, 0.1) is 7.11 Å². The Bertz CT molecular complexity index is 1110. The van der Waals surface area contributed by atoms with Crippen LogP contribution < -0.4 is 4.74 Å². The highest BCUT2D eigenvalue weighted by Crippen LogP contribution is 2.48. The average Bonchev–Trinajstić information content (AvgIpc) is 2.62. The summed E-state index contributed by atoms with van der Waals surface area (Å²) in [6, 6.07) is 18.9. The molecule has 0 atom stereocenters. The molecule has 0 unspecified atom stereocenters. The maximum atomic E-state index is 10.8. The summed E-state index contributed by atoms with van der Waals surface area (Å²) in [4.78, 5) is 0. The molecule has 4 heteroatoms. The summed E-state index contributed by atoms with van der Waals surface area (Å²) >= 11 is 3.49. The maximum Gasteiger partial charge on any atom is 0.166 e. The van der Waals surface area contributed by atoms with Crippen molar-refractivity contribution in [1.82, 2.24) is 0 Å². The molecule has 0 aromatic heterocycles. The van der Waals surface area contributed by atoms with Gasteiger partial charge in [0.2, 0.25) is 0 Å². The van der Waals surface area contributed by atoms with Gasteiger partial charge < -0.3 is 14.9 Å². The molecule has 4 aromatic rings. The van der Waals surface area contributed by atoms with Crippen LogP contribution in [0.1, 0.15) is 0 Å². The van der Waals surface area contributed by atoms with E-state index < -0.39 is 0 Å². The molecule has 25 heavy (non-hydrogen) atoms. The second kappa shape index (κ2) is 5.97. The Labute approximate surface area is 153 Å². The normalized spacial score (nSPS) is 11.1. The molecule has 0 saturated heterocycles. The Balaban J connectivity index is 2.22. The van der Waals surface area contributed by atoms with Gasteiger partial charge in [0.15, 0.2) is 11.5 Å². The fraction of sp³-hybridized carbons (Fsp3) is 0.0476.